The Balaban J connectivity index is 1.62. The normalized spacial score (nSPS) is 17.1. The van der Waals surface area contributed by atoms with E-state index in [9.17, 15) is 4.79 Å². The van der Waals surface area contributed by atoms with Crippen LogP contribution in [0.5, 0.6) is 5.75 Å². The topological polar surface area (TPSA) is 58.6 Å². The second-order valence-corrected chi connectivity index (χ2v) is 9.37. The summed E-state index contributed by atoms with van der Waals surface area (Å²) in [5.74, 6) is 3.25. The van der Waals surface area contributed by atoms with Crippen molar-refractivity contribution in [3.8, 4) is 5.75 Å². The van der Waals surface area contributed by atoms with Gasteiger partial charge in [-0.25, -0.2) is 4.98 Å². The number of hydrogen-bond acceptors (Lipinski definition) is 6. The molecule has 0 amide bonds. The lowest BCUT2D eigenvalue weighted by atomic mass is 9.96. The van der Waals surface area contributed by atoms with E-state index in [1.54, 1.807) is 13.1 Å². The van der Waals surface area contributed by atoms with Gasteiger partial charge in [-0.3, -0.25) is 0 Å². The molecule has 1 aliphatic rings. The number of anilines is 2. The van der Waals surface area contributed by atoms with Crippen LogP contribution >= 0.6 is 11.6 Å². The van der Waals surface area contributed by atoms with E-state index in [1.807, 2.05) is 31.3 Å². The Morgan fingerprint density at radius 2 is 2.00 bits per heavy atom. The Morgan fingerprint density at radius 3 is 2.65 bits per heavy atom. The molecule has 0 saturated carbocycles. The van der Waals surface area contributed by atoms with Gasteiger partial charge in [-0.1, -0.05) is 44.5 Å². The van der Waals surface area contributed by atoms with Gasteiger partial charge < -0.3 is 19.3 Å². The highest BCUT2D eigenvalue weighted by molar-refractivity contribution is 6.32. The van der Waals surface area contributed by atoms with Gasteiger partial charge in [0.15, 0.2) is 5.82 Å². The molecule has 0 aliphatic carbocycles. The van der Waals surface area contributed by atoms with Crippen molar-refractivity contribution in [3.63, 3.8) is 0 Å². The average Bonchev–Trinajstić information content (AvgIpc) is 3.16. The van der Waals surface area contributed by atoms with Crippen LogP contribution in [0.2, 0.25) is 5.02 Å². The molecule has 1 aromatic carbocycles. The fraction of sp³-hybridized carbons (Fsp3) is 0.542. The predicted octanol–water partition coefficient (Wildman–Crippen LogP) is 4.96. The summed E-state index contributed by atoms with van der Waals surface area (Å²) < 4.78 is 6.21. The van der Waals surface area contributed by atoms with Crippen molar-refractivity contribution >= 4 is 29.2 Å². The summed E-state index contributed by atoms with van der Waals surface area (Å²) in [5, 5.41) is 0.561. The summed E-state index contributed by atoms with van der Waals surface area (Å²) in [5.41, 5.74) is 1.15. The Labute approximate surface area is 190 Å². The first-order chi connectivity index (χ1) is 14.7. The molecule has 31 heavy (non-hydrogen) atoms. The number of benzene rings is 1. The van der Waals surface area contributed by atoms with E-state index >= 15 is 0 Å². The van der Waals surface area contributed by atoms with E-state index in [4.69, 9.17) is 21.3 Å². The van der Waals surface area contributed by atoms with Crippen LogP contribution < -0.4 is 14.5 Å². The highest BCUT2D eigenvalue weighted by Gasteiger charge is 2.27. The molecule has 2 aromatic rings. The van der Waals surface area contributed by atoms with Gasteiger partial charge in [0, 0.05) is 33.0 Å². The van der Waals surface area contributed by atoms with E-state index in [0.29, 0.717) is 23.3 Å². The van der Waals surface area contributed by atoms with E-state index in [-0.39, 0.29) is 17.8 Å². The number of carbonyl (C=O) groups is 1. The van der Waals surface area contributed by atoms with Crippen LogP contribution in [-0.4, -0.2) is 48.5 Å². The standard InChI is InChI=1S/C24H33ClN4O2/c1-16(2)14-28(5)24-26-13-22(25)23(27-24)29-11-10-21(15-29)31-20-8-6-19(7-9-20)17(3)12-18(4)30/h6-9,13,16-17,21H,10-12,14-15H2,1-5H3/t17-,21-/m1/s1. The van der Waals surface area contributed by atoms with Gasteiger partial charge in [0.1, 0.15) is 22.7 Å². The lowest BCUT2D eigenvalue weighted by Gasteiger charge is -2.23. The lowest BCUT2D eigenvalue weighted by molar-refractivity contribution is -0.117. The summed E-state index contributed by atoms with van der Waals surface area (Å²) in [6.07, 6.45) is 3.22. The molecule has 1 aromatic heterocycles. The van der Waals surface area contributed by atoms with Crippen molar-refractivity contribution in [3.05, 3.63) is 41.0 Å². The van der Waals surface area contributed by atoms with Gasteiger partial charge in [-0.15, -0.1) is 0 Å². The van der Waals surface area contributed by atoms with E-state index in [0.717, 1.165) is 43.2 Å². The highest BCUT2D eigenvalue weighted by atomic mass is 35.5. The quantitative estimate of drug-likeness (QED) is 0.544. The molecule has 0 unspecified atom stereocenters. The molecule has 2 heterocycles. The van der Waals surface area contributed by atoms with Crippen LogP contribution in [0.15, 0.2) is 30.5 Å². The van der Waals surface area contributed by atoms with Gasteiger partial charge in [0.2, 0.25) is 5.95 Å². The highest BCUT2D eigenvalue weighted by Crippen LogP contribution is 2.30. The molecule has 3 rings (SSSR count). The molecule has 6 nitrogen and oxygen atoms in total. The van der Waals surface area contributed by atoms with Gasteiger partial charge in [0.05, 0.1) is 12.7 Å². The number of Topliss-reactive ketones (excluding diaryl/α,β-unsaturated/α-hetero) is 1. The lowest BCUT2D eigenvalue weighted by Crippen LogP contribution is -2.28. The SMILES string of the molecule is CC(=O)C[C@@H](C)c1ccc(O[C@@H]2CCN(c3nc(N(C)CC(C)C)ncc3Cl)C2)cc1. The maximum absolute atomic E-state index is 11.4. The molecular weight excluding hydrogens is 412 g/mol. The number of hydrogen-bond donors (Lipinski definition) is 0. The molecule has 0 spiro atoms. The minimum absolute atomic E-state index is 0.0726. The van der Waals surface area contributed by atoms with Crippen molar-refractivity contribution in [1.82, 2.24) is 9.97 Å². The summed E-state index contributed by atoms with van der Waals surface area (Å²) in [7, 11) is 2.00. The average molecular weight is 445 g/mol. The molecule has 0 bridgehead atoms. The van der Waals surface area contributed by atoms with E-state index < -0.39 is 0 Å². The summed E-state index contributed by atoms with van der Waals surface area (Å²) in [4.78, 5) is 24.7. The molecule has 168 valence electrons. The van der Waals surface area contributed by atoms with Gasteiger partial charge in [-0.2, -0.15) is 4.98 Å². The monoisotopic (exact) mass is 444 g/mol. The van der Waals surface area contributed by atoms with Crippen LogP contribution in [0.3, 0.4) is 0 Å². The predicted molar refractivity (Wildman–Crippen MR) is 127 cm³/mol. The first-order valence-corrected chi connectivity index (χ1v) is 11.4. The number of ether oxygens (including phenoxy) is 1. The third-order valence-electron chi connectivity index (χ3n) is 5.48. The molecule has 0 radical (unpaired) electrons. The van der Waals surface area contributed by atoms with Crippen LogP contribution in [0.25, 0.3) is 0 Å². The first kappa shape index (κ1) is 23.3. The van der Waals surface area contributed by atoms with Crippen molar-refractivity contribution in [1.29, 1.82) is 0 Å². The third kappa shape index (κ3) is 6.33. The second-order valence-electron chi connectivity index (χ2n) is 8.97. The number of rotatable bonds is 9. The van der Waals surface area contributed by atoms with Gasteiger partial charge in [-0.05, 0) is 36.5 Å². The van der Waals surface area contributed by atoms with Gasteiger partial charge in [0.25, 0.3) is 0 Å². The number of halogens is 1. The zero-order valence-corrected chi connectivity index (χ0v) is 19.9. The Hall–Kier alpha value is -2.34. The zero-order chi connectivity index (χ0) is 22.5. The Bertz CT molecular complexity index is 888. The van der Waals surface area contributed by atoms with Crippen LogP contribution in [0.4, 0.5) is 11.8 Å². The van der Waals surface area contributed by atoms with E-state index in [1.165, 1.54) is 0 Å². The fourth-order valence-electron chi connectivity index (χ4n) is 4.02. The minimum Gasteiger partial charge on any atom is -0.489 e. The number of nitrogens with zero attached hydrogens (tertiary/aromatic N) is 4. The molecule has 2 atom stereocenters. The molecule has 1 saturated heterocycles. The second kappa shape index (κ2) is 10.3. The molecule has 1 aliphatic heterocycles. The van der Waals surface area contributed by atoms with Crippen LogP contribution in [0, 0.1) is 5.92 Å². The smallest absolute Gasteiger partial charge is 0.227 e. The maximum Gasteiger partial charge on any atom is 0.227 e. The van der Waals surface area contributed by atoms with Crippen molar-refractivity contribution < 1.29 is 9.53 Å². The Kier molecular flexibility index (Phi) is 7.76. The minimum atomic E-state index is 0.0726. The van der Waals surface area contributed by atoms with Gasteiger partial charge >= 0.3 is 0 Å². The summed E-state index contributed by atoms with van der Waals surface area (Å²) in [6.45, 7) is 10.5. The first-order valence-electron chi connectivity index (χ1n) is 11.0. The number of carbonyl (C=O) groups excluding carboxylic acids is 1. The fourth-order valence-corrected chi connectivity index (χ4v) is 4.23. The molecule has 0 N–H and O–H groups in total. The number of ketones is 1. The molecular formula is C24H33ClN4O2. The summed E-state index contributed by atoms with van der Waals surface area (Å²) >= 11 is 6.43. The largest absolute Gasteiger partial charge is 0.489 e. The van der Waals surface area contributed by atoms with Crippen molar-refractivity contribution in [2.75, 3.05) is 36.5 Å². The number of aromatic nitrogens is 2. The van der Waals surface area contributed by atoms with Crippen molar-refractivity contribution in [2.45, 2.75) is 52.6 Å². The third-order valence-corrected chi connectivity index (χ3v) is 5.75. The molecule has 7 heteroatoms. The van der Waals surface area contributed by atoms with Crippen LogP contribution in [-0.2, 0) is 4.79 Å². The molecule has 1 fully saturated rings. The maximum atomic E-state index is 11.4. The summed E-state index contributed by atoms with van der Waals surface area (Å²) in [6, 6.07) is 8.08. The zero-order valence-electron chi connectivity index (χ0n) is 19.1. The Morgan fingerprint density at radius 1 is 1.29 bits per heavy atom. The van der Waals surface area contributed by atoms with E-state index in [2.05, 4.69) is 35.6 Å². The van der Waals surface area contributed by atoms with Crippen molar-refractivity contribution in [2.24, 2.45) is 5.92 Å². The van der Waals surface area contributed by atoms with Crippen LogP contribution in [0.1, 0.15) is 52.0 Å².